The van der Waals surface area contributed by atoms with Gasteiger partial charge in [0.1, 0.15) is 0 Å². The summed E-state index contributed by atoms with van der Waals surface area (Å²) in [6, 6.07) is 0.154. The van der Waals surface area contributed by atoms with Gasteiger partial charge in [-0.05, 0) is 30.4 Å². The highest BCUT2D eigenvalue weighted by molar-refractivity contribution is 7.10. The molecule has 15 heavy (non-hydrogen) atoms. The number of rotatable bonds is 1. The lowest BCUT2D eigenvalue weighted by Crippen LogP contribution is -2.21. The first-order chi connectivity index (χ1) is 7.09. The van der Waals surface area contributed by atoms with Gasteiger partial charge in [-0.1, -0.05) is 6.92 Å². The number of hydrogen-bond acceptors (Lipinski definition) is 4. The minimum Gasteiger partial charge on any atom is -0.368 e. The Hall–Kier alpha value is -1.16. The molecule has 0 amide bonds. The van der Waals surface area contributed by atoms with Gasteiger partial charge in [-0.15, -0.1) is 11.3 Å². The Morgan fingerprint density at radius 3 is 2.73 bits per heavy atom. The molecule has 0 fully saturated rings. The monoisotopic (exact) mass is 221 g/mol. The second-order valence-corrected chi connectivity index (χ2v) is 4.89. The van der Waals surface area contributed by atoms with Crippen molar-refractivity contribution in [2.45, 2.75) is 26.8 Å². The zero-order valence-corrected chi connectivity index (χ0v) is 10.0. The SMILES string of the molecule is Cc1csc(C2N=C(N)N=CC2C)c1C. The van der Waals surface area contributed by atoms with Crippen LogP contribution < -0.4 is 5.73 Å². The number of nitrogens with zero attached hydrogens (tertiary/aromatic N) is 2. The van der Waals surface area contributed by atoms with Crippen LogP contribution in [0, 0.1) is 19.8 Å². The molecule has 2 heterocycles. The van der Waals surface area contributed by atoms with Gasteiger partial charge in [-0.2, -0.15) is 0 Å². The first kappa shape index (κ1) is 10.4. The van der Waals surface area contributed by atoms with Crippen molar-refractivity contribution >= 4 is 23.5 Å². The van der Waals surface area contributed by atoms with Crippen molar-refractivity contribution in [3.05, 3.63) is 21.4 Å². The standard InChI is InChI=1S/C11H15N3S/c1-6-4-13-11(12)14-9(6)10-8(3)7(2)5-15-10/h4-6,9H,1-3H3,(H2,12,14). The molecular formula is C11H15N3S. The van der Waals surface area contributed by atoms with Crippen molar-refractivity contribution in [2.75, 3.05) is 0 Å². The predicted octanol–water partition coefficient (Wildman–Crippen LogP) is 2.44. The van der Waals surface area contributed by atoms with E-state index in [-0.39, 0.29) is 6.04 Å². The fourth-order valence-electron chi connectivity index (χ4n) is 1.68. The lowest BCUT2D eigenvalue weighted by molar-refractivity contribution is 0.607. The van der Waals surface area contributed by atoms with Gasteiger partial charge in [0, 0.05) is 17.0 Å². The molecule has 2 unspecified atom stereocenters. The molecule has 1 aromatic heterocycles. The van der Waals surface area contributed by atoms with Crippen molar-refractivity contribution in [3.63, 3.8) is 0 Å². The Labute approximate surface area is 93.8 Å². The third-order valence-corrected chi connectivity index (χ3v) is 4.08. The highest BCUT2D eigenvalue weighted by Gasteiger charge is 2.23. The number of guanidine groups is 1. The summed E-state index contributed by atoms with van der Waals surface area (Å²) in [4.78, 5) is 9.76. The summed E-state index contributed by atoms with van der Waals surface area (Å²) >= 11 is 1.76. The van der Waals surface area contributed by atoms with Crippen LogP contribution in [0.3, 0.4) is 0 Å². The Bertz CT molecular complexity index is 431. The number of nitrogens with two attached hydrogens (primary N) is 1. The van der Waals surface area contributed by atoms with E-state index in [1.54, 1.807) is 11.3 Å². The molecule has 0 saturated heterocycles. The Kier molecular flexibility index (Phi) is 2.61. The van der Waals surface area contributed by atoms with E-state index in [2.05, 4.69) is 36.1 Å². The van der Waals surface area contributed by atoms with Gasteiger partial charge in [0.25, 0.3) is 0 Å². The number of thiophene rings is 1. The third-order valence-electron chi connectivity index (χ3n) is 2.80. The van der Waals surface area contributed by atoms with Gasteiger partial charge in [-0.3, -0.25) is 0 Å². The van der Waals surface area contributed by atoms with Crippen molar-refractivity contribution < 1.29 is 0 Å². The van der Waals surface area contributed by atoms with Crippen LogP contribution in [-0.4, -0.2) is 12.2 Å². The highest BCUT2D eigenvalue weighted by atomic mass is 32.1. The van der Waals surface area contributed by atoms with Crippen LogP contribution in [0.1, 0.15) is 29.0 Å². The minimum absolute atomic E-state index is 0.154. The molecule has 4 heteroatoms. The molecule has 0 saturated carbocycles. The zero-order valence-electron chi connectivity index (χ0n) is 9.19. The van der Waals surface area contributed by atoms with Crippen LogP contribution >= 0.6 is 11.3 Å². The molecule has 0 bridgehead atoms. The van der Waals surface area contributed by atoms with E-state index in [1.165, 1.54) is 16.0 Å². The molecule has 1 aliphatic heterocycles. The average molecular weight is 221 g/mol. The molecule has 1 aromatic rings. The van der Waals surface area contributed by atoms with E-state index in [0.717, 1.165) is 0 Å². The number of hydrogen-bond donors (Lipinski definition) is 1. The maximum atomic E-state index is 5.64. The average Bonchev–Trinajstić information content (AvgIpc) is 2.52. The van der Waals surface area contributed by atoms with E-state index in [0.29, 0.717) is 11.9 Å². The highest BCUT2D eigenvalue weighted by Crippen LogP contribution is 2.35. The maximum Gasteiger partial charge on any atom is 0.215 e. The van der Waals surface area contributed by atoms with Gasteiger partial charge in [0.2, 0.25) is 5.96 Å². The molecule has 1 aliphatic rings. The van der Waals surface area contributed by atoms with E-state index in [1.807, 2.05) is 6.21 Å². The van der Waals surface area contributed by atoms with Crippen LogP contribution in [0.25, 0.3) is 0 Å². The molecule has 2 N–H and O–H groups in total. The van der Waals surface area contributed by atoms with E-state index < -0.39 is 0 Å². The summed E-state index contributed by atoms with van der Waals surface area (Å²) in [6.07, 6.45) is 1.89. The van der Waals surface area contributed by atoms with Gasteiger partial charge < -0.3 is 5.73 Å². The molecule has 80 valence electrons. The van der Waals surface area contributed by atoms with Gasteiger partial charge in [-0.25, -0.2) is 9.98 Å². The second-order valence-electron chi connectivity index (χ2n) is 3.98. The Balaban J connectivity index is 2.39. The van der Waals surface area contributed by atoms with E-state index >= 15 is 0 Å². The Morgan fingerprint density at radius 2 is 2.13 bits per heavy atom. The fraction of sp³-hybridized carbons (Fsp3) is 0.455. The minimum atomic E-state index is 0.154. The summed E-state index contributed by atoms with van der Waals surface area (Å²) in [6.45, 7) is 6.40. The molecule has 2 atom stereocenters. The van der Waals surface area contributed by atoms with Crippen molar-refractivity contribution in [1.82, 2.24) is 0 Å². The van der Waals surface area contributed by atoms with Crippen molar-refractivity contribution in [1.29, 1.82) is 0 Å². The van der Waals surface area contributed by atoms with Crippen LogP contribution in [0.4, 0.5) is 0 Å². The van der Waals surface area contributed by atoms with Crippen molar-refractivity contribution in [2.24, 2.45) is 21.6 Å². The third kappa shape index (κ3) is 1.81. The molecular weight excluding hydrogens is 206 g/mol. The van der Waals surface area contributed by atoms with Crippen LogP contribution in [0.2, 0.25) is 0 Å². The van der Waals surface area contributed by atoms with E-state index in [4.69, 9.17) is 5.73 Å². The lowest BCUT2D eigenvalue weighted by Gasteiger charge is -2.20. The number of aryl methyl sites for hydroxylation is 1. The van der Waals surface area contributed by atoms with Gasteiger partial charge in [0.15, 0.2) is 0 Å². The first-order valence-corrected chi connectivity index (χ1v) is 5.89. The molecule has 3 nitrogen and oxygen atoms in total. The summed E-state index contributed by atoms with van der Waals surface area (Å²) in [7, 11) is 0. The molecule has 0 aliphatic carbocycles. The van der Waals surface area contributed by atoms with Gasteiger partial charge in [0.05, 0.1) is 6.04 Å². The van der Waals surface area contributed by atoms with Crippen LogP contribution in [0.5, 0.6) is 0 Å². The summed E-state index contributed by atoms with van der Waals surface area (Å²) in [5, 5.41) is 2.18. The lowest BCUT2D eigenvalue weighted by atomic mass is 9.98. The first-order valence-electron chi connectivity index (χ1n) is 5.01. The van der Waals surface area contributed by atoms with E-state index in [9.17, 15) is 0 Å². The topological polar surface area (TPSA) is 50.7 Å². The van der Waals surface area contributed by atoms with Crippen LogP contribution in [0.15, 0.2) is 15.4 Å². The fourth-order valence-corrected chi connectivity index (χ4v) is 2.91. The molecule has 0 spiro atoms. The smallest absolute Gasteiger partial charge is 0.215 e. The second kappa shape index (κ2) is 3.77. The van der Waals surface area contributed by atoms with Crippen molar-refractivity contribution in [3.8, 4) is 0 Å². The molecule has 2 rings (SSSR count). The summed E-state index contributed by atoms with van der Waals surface area (Å²) in [5.41, 5.74) is 8.31. The molecule has 0 aromatic carbocycles. The predicted molar refractivity (Wildman–Crippen MR) is 65.8 cm³/mol. The summed E-state index contributed by atoms with van der Waals surface area (Å²) < 4.78 is 0. The largest absolute Gasteiger partial charge is 0.368 e. The quantitative estimate of drug-likeness (QED) is 0.778. The van der Waals surface area contributed by atoms with Crippen LogP contribution in [-0.2, 0) is 0 Å². The normalized spacial score (nSPS) is 25.4. The molecule has 0 radical (unpaired) electrons. The summed E-state index contributed by atoms with van der Waals surface area (Å²) in [5.74, 6) is 0.720. The van der Waals surface area contributed by atoms with Gasteiger partial charge >= 0.3 is 0 Å². The zero-order chi connectivity index (χ0) is 11.0. The Morgan fingerprint density at radius 1 is 1.40 bits per heavy atom. The number of aliphatic imine (C=N–C) groups is 2. The maximum absolute atomic E-state index is 5.64.